The van der Waals surface area contributed by atoms with Crippen molar-refractivity contribution in [3.8, 4) is 0 Å². The van der Waals surface area contributed by atoms with E-state index < -0.39 is 0 Å². The average Bonchev–Trinajstić information content (AvgIpc) is 2.94. The highest BCUT2D eigenvalue weighted by Gasteiger charge is 2.07. The van der Waals surface area contributed by atoms with Gasteiger partial charge in [0.2, 0.25) is 0 Å². The van der Waals surface area contributed by atoms with E-state index in [4.69, 9.17) is 9.84 Å². The molecular formula is C14H30O2. The highest BCUT2D eigenvalue weighted by Crippen LogP contribution is 2.05. The average molecular weight is 230 g/mol. The number of aliphatic hydroxyl groups excluding tert-OH is 1. The van der Waals surface area contributed by atoms with Crippen LogP contribution in [0.15, 0.2) is 12.2 Å². The molecule has 0 amide bonds. The van der Waals surface area contributed by atoms with Gasteiger partial charge in [0.1, 0.15) is 0 Å². The summed E-state index contributed by atoms with van der Waals surface area (Å²) in [4.78, 5) is 0. The number of hydrogen-bond acceptors (Lipinski definition) is 2. The predicted octanol–water partition coefficient (Wildman–Crippen LogP) is 3.94. The van der Waals surface area contributed by atoms with Crippen LogP contribution in [0.1, 0.15) is 59.8 Å². The Morgan fingerprint density at radius 3 is 1.56 bits per heavy atom. The van der Waals surface area contributed by atoms with Gasteiger partial charge in [-0.15, -0.1) is 0 Å². The molecule has 1 heterocycles. The topological polar surface area (TPSA) is 29.5 Å². The molecule has 1 aliphatic carbocycles. The van der Waals surface area contributed by atoms with Gasteiger partial charge in [-0.1, -0.05) is 39.8 Å². The van der Waals surface area contributed by atoms with Gasteiger partial charge in [-0.3, -0.25) is 0 Å². The van der Waals surface area contributed by atoms with E-state index in [1.165, 1.54) is 19.3 Å². The van der Waals surface area contributed by atoms with Gasteiger partial charge in [-0.25, -0.2) is 0 Å². The largest absolute Gasteiger partial charge is 0.393 e. The standard InChI is InChI=1S/C5H10O2.C5H8.2C2H6/c6-5-1-3-7-4-2-5;1-2-4-5-3-1;2*1-2/h5-6H,1-4H2;1-2H,3-5H2;2*1-2H3. The smallest absolute Gasteiger partial charge is 0.0584 e. The van der Waals surface area contributed by atoms with Crippen LogP contribution in [0, 0.1) is 0 Å². The molecule has 0 saturated carbocycles. The fourth-order valence-corrected chi connectivity index (χ4v) is 1.27. The third kappa shape index (κ3) is 13.7. The molecule has 1 fully saturated rings. The van der Waals surface area contributed by atoms with Crippen LogP contribution >= 0.6 is 0 Å². The lowest BCUT2D eigenvalue weighted by Gasteiger charge is -2.15. The summed E-state index contributed by atoms with van der Waals surface area (Å²) in [5, 5.41) is 8.83. The van der Waals surface area contributed by atoms with Crippen LogP contribution in [0.3, 0.4) is 0 Å². The molecular weight excluding hydrogens is 200 g/mol. The monoisotopic (exact) mass is 230 g/mol. The maximum absolute atomic E-state index is 8.83. The summed E-state index contributed by atoms with van der Waals surface area (Å²) in [6.07, 6.45) is 10.0. The number of rotatable bonds is 0. The van der Waals surface area contributed by atoms with Crippen LogP contribution in [0.4, 0.5) is 0 Å². The zero-order chi connectivity index (χ0) is 12.6. The second-order valence-electron chi connectivity index (χ2n) is 3.25. The zero-order valence-electron chi connectivity index (χ0n) is 11.5. The zero-order valence-corrected chi connectivity index (χ0v) is 11.5. The Labute approximate surface area is 102 Å². The normalized spacial score (nSPS) is 18.3. The molecule has 2 aliphatic rings. The van der Waals surface area contributed by atoms with E-state index >= 15 is 0 Å². The molecule has 0 spiro atoms. The molecule has 2 nitrogen and oxygen atoms in total. The van der Waals surface area contributed by atoms with Crippen LogP contribution < -0.4 is 0 Å². The number of aliphatic hydroxyl groups is 1. The minimum Gasteiger partial charge on any atom is -0.393 e. The molecule has 16 heavy (non-hydrogen) atoms. The number of hydrogen-bond donors (Lipinski definition) is 1. The molecule has 1 N–H and O–H groups in total. The van der Waals surface area contributed by atoms with Crippen LogP contribution in [-0.4, -0.2) is 24.4 Å². The van der Waals surface area contributed by atoms with Crippen molar-refractivity contribution in [2.75, 3.05) is 13.2 Å². The SMILES string of the molecule is C1=CCCC1.CC.CC.OC1CCOCC1. The van der Waals surface area contributed by atoms with Gasteiger partial charge in [-0.05, 0) is 32.1 Å². The first-order valence-electron chi connectivity index (χ1n) is 6.80. The van der Waals surface area contributed by atoms with Crippen molar-refractivity contribution in [2.45, 2.75) is 65.9 Å². The maximum atomic E-state index is 8.83. The first-order chi connectivity index (χ1) is 7.89. The molecule has 0 bridgehead atoms. The van der Waals surface area contributed by atoms with Gasteiger partial charge in [0, 0.05) is 13.2 Å². The molecule has 0 aromatic heterocycles. The van der Waals surface area contributed by atoms with Crippen LogP contribution in [0.25, 0.3) is 0 Å². The Balaban J connectivity index is 0. The van der Waals surface area contributed by atoms with Crippen molar-refractivity contribution < 1.29 is 9.84 Å². The van der Waals surface area contributed by atoms with Crippen molar-refractivity contribution >= 4 is 0 Å². The maximum Gasteiger partial charge on any atom is 0.0584 e. The first kappa shape index (κ1) is 18.0. The number of allylic oxidation sites excluding steroid dienone is 2. The Morgan fingerprint density at radius 1 is 0.938 bits per heavy atom. The van der Waals surface area contributed by atoms with E-state index in [-0.39, 0.29) is 6.10 Å². The highest BCUT2D eigenvalue weighted by molar-refractivity contribution is 4.88. The van der Waals surface area contributed by atoms with E-state index in [0.29, 0.717) is 0 Å². The van der Waals surface area contributed by atoms with Crippen LogP contribution in [0.5, 0.6) is 0 Å². The summed E-state index contributed by atoms with van der Waals surface area (Å²) in [6.45, 7) is 9.47. The molecule has 0 aromatic rings. The quantitative estimate of drug-likeness (QED) is 0.639. The Bertz CT molecular complexity index is 121. The second-order valence-corrected chi connectivity index (χ2v) is 3.25. The van der Waals surface area contributed by atoms with E-state index in [2.05, 4.69) is 12.2 Å². The molecule has 0 radical (unpaired) electrons. The van der Waals surface area contributed by atoms with E-state index in [1.54, 1.807) is 0 Å². The summed E-state index contributed by atoms with van der Waals surface area (Å²) >= 11 is 0. The molecule has 0 atom stereocenters. The first-order valence-corrected chi connectivity index (χ1v) is 6.80. The summed E-state index contributed by atoms with van der Waals surface area (Å²) in [7, 11) is 0. The van der Waals surface area contributed by atoms with Crippen molar-refractivity contribution in [3.63, 3.8) is 0 Å². The summed E-state index contributed by atoms with van der Waals surface area (Å²) < 4.78 is 4.98. The molecule has 1 saturated heterocycles. The summed E-state index contributed by atoms with van der Waals surface area (Å²) in [5.41, 5.74) is 0. The summed E-state index contributed by atoms with van der Waals surface area (Å²) in [6, 6.07) is 0. The highest BCUT2D eigenvalue weighted by atomic mass is 16.5. The van der Waals surface area contributed by atoms with Gasteiger partial charge in [0.05, 0.1) is 6.10 Å². The fraction of sp³-hybridized carbons (Fsp3) is 0.857. The molecule has 1 aliphatic heterocycles. The third-order valence-corrected chi connectivity index (χ3v) is 2.10. The second kappa shape index (κ2) is 17.1. The molecule has 2 heteroatoms. The van der Waals surface area contributed by atoms with Gasteiger partial charge >= 0.3 is 0 Å². The summed E-state index contributed by atoms with van der Waals surface area (Å²) in [5.74, 6) is 0. The van der Waals surface area contributed by atoms with Crippen molar-refractivity contribution in [1.82, 2.24) is 0 Å². The minimum atomic E-state index is -0.0891. The lowest BCUT2D eigenvalue weighted by atomic mass is 10.2. The van der Waals surface area contributed by atoms with E-state index in [1.807, 2.05) is 27.7 Å². The molecule has 98 valence electrons. The van der Waals surface area contributed by atoms with Crippen LogP contribution in [-0.2, 0) is 4.74 Å². The fourth-order valence-electron chi connectivity index (χ4n) is 1.27. The predicted molar refractivity (Wildman–Crippen MR) is 71.7 cm³/mol. The Morgan fingerprint density at radius 2 is 1.38 bits per heavy atom. The lowest BCUT2D eigenvalue weighted by Crippen LogP contribution is -2.19. The van der Waals surface area contributed by atoms with E-state index in [9.17, 15) is 0 Å². The van der Waals surface area contributed by atoms with Gasteiger partial charge in [0.15, 0.2) is 0 Å². The lowest BCUT2D eigenvalue weighted by molar-refractivity contribution is 0.0140. The molecule has 0 aromatic carbocycles. The van der Waals surface area contributed by atoms with Crippen molar-refractivity contribution in [1.29, 1.82) is 0 Å². The van der Waals surface area contributed by atoms with Gasteiger partial charge in [-0.2, -0.15) is 0 Å². The van der Waals surface area contributed by atoms with Gasteiger partial charge < -0.3 is 9.84 Å². The van der Waals surface area contributed by atoms with Gasteiger partial charge in [0.25, 0.3) is 0 Å². The Kier molecular flexibility index (Phi) is 19.2. The van der Waals surface area contributed by atoms with Crippen molar-refractivity contribution in [3.05, 3.63) is 12.2 Å². The molecule has 0 unspecified atom stereocenters. The number of ether oxygens (including phenoxy) is 1. The Hall–Kier alpha value is -0.340. The van der Waals surface area contributed by atoms with Crippen LogP contribution in [0.2, 0.25) is 0 Å². The van der Waals surface area contributed by atoms with E-state index in [0.717, 1.165) is 26.1 Å². The minimum absolute atomic E-state index is 0.0891. The third-order valence-electron chi connectivity index (χ3n) is 2.10. The molecule has 2 rings (SSSR count). The van der Waals surface area contributed by atoms with Crippen molar-refractivity contribution in [2.24, 2.45) is 0 Å².